The van der Waals surface area contributed by atoms with E-state index in [-0.39, 0.29) is 23.1 Å². The summed E-state index contributed by atoms with van der Waals surface area (Å²) in [5.74, 6) is -1.34. The van der Waals surface area contributed by atoms with Crippen LogP contribution in [-0.2, 0) is 11.2 Å². The van der Waals surface area contributed by atoms with Gasteiger partial charge in [-0.25, -0.2) is 14.2 Å². The molecule has 0 aliphatic heterocycles. The van der Waals surface area contributed by atoms with Crippen molar-refractivity contribution >= 4 is 39.7 Å². The van der Waals surface area contributed by atoms with Gasteiger partial charge in [-0.3, -0.25) is 4.79 Å². The number of halogens is 1. The van der Waals surface area contributed by atoms with Gasteiger partial charge in [0.1, 0.15) is 10.7 Å². The van der Waals surface area contributed by atoms with Crippen molar-refractivity contribution in [1.29, 1.82) is 0 Å². The molecule has 0 unspecified atom stereocenters. The van der Waals surface area contributed by atoms with Crippen molar-refractivity contribution in [2.75, 3.05) is 11.9 Å². The van der Waals surface area contributed by atoms with E-state index in [0.717, 1.165) is 22.1 Å². The maximum Gasteiger partial charge on any atom is 0.362 e. The smallest absolute Gasteiger partial charge is 0.362 e. The van der Waals surface area contributed by atoms with Gasteiger partial charge < -0.3 is 10.1 Å². The van der Waals surface area contributed by atoms with Gasteiger partial charge in [0.05, 0.1) is 17.3 Å². The number of hydrogen-bond donors (Lipinski definition) is 1. The Bertz CT molecular complexity index is 969. The second kappa shape index (κ2) is 8.31. The Morgan fingerprint density at radius 2 is 2.00 bits per heavy atom. The van der Waals surface area contributed by atoms with Gasteiger partial charge in [0.25, 0.3) is 5.91 Å². The summed E-state index contributed by atoms with van der Waals surface area (Å²) in [6, 6.07) is 6.13. The van der Waals surface area contributed by atoms with Crippen LogP contribution in [0.15, 0.2) is 24.3 Å². The number of esters is 1. The summed E-state index contributed by atoms with van der Waals surface area (Å²) in [6.07, 6.45) is 0.495. The maximum atomic E-state index is 13.0. The molecule has 0 bridgehead atoms. The molecule has 7 nitrogen and oxygen atoms in total. The average molecular weight is 406 g/mol. The molecule has 1 N–H and O–H groups in total. The highest BCUT2D eigenvalue weighted by molar-refractivity contribution is 7.14. The highest BCUT2D eigenvalue weighted by atomic mass is 32.1. The number of nitrogens with zero attached hydrogens (tertiary/aromatic N) is 3. The third-order valence-corrected chi connectivity index (χ3v) is 5.30. The minimum Gasteiger partial charge on any atom is -0.461 e. The van der Waals surface area contributed by atoms with Gasteiger partial charge in [-0.15, -0.1) is 16.4 Å². The van der Waals surface area contributed by atoms with E-state index < -0.39 is 11.9 Å². The van der Waals surface area contributed by atoms with Crippen LogP contribution in [0.1, 0.15) is 43.3 Å². The normalized spacial score (nSPS) is 10.6. The predicted molar refractivity (Wildman–Crippen MR) is 99.9 cm³/mol. The highest BCUT2D eigenvalue weighted by Gasteiger charge is 2.22. The van der Waals surface area contributed by atoms with Crippen LogP contribution in [0.4, 0.5) is 9.39 Å². The molecule has 0 fully saturated rings. The molecule has 140 valence electrons. The Balaban J connectivity index is 1.74. The number of thiazole rings is 1. The Labute approximate surface area is 162 Å². The Kier molecular flexibility index (Phi) is 5.87. The summed E-state index contributed by atoms with van der Waals surface area (Å²) in [5, 5.41) is 7.32. The molecule has 2 aromatic heterocycles. The molecule has 0 spiro atoms. The van der Waals surface area contributed by atoms with Crippen molar-refractivity contribution in [3.05, 3.63) is 56.9 Å². The van der Waals surface area contributed by atoms with E-state index in [1.807, 2.05) is 0 Å². The summed E-state index contributed by atoms with van der Waals surface area (Å²) >= 11 is 2.14. The molecule has 27 heavy (non-hydrogen) atoms. The molecule has 0 aliphatic carbocycles. The van der Waals surface area contributed by atoms with Crippen LogP contribution in [-0.4, -0.2) is 33.1 Å². The lowest BCUT2D eigenvalue weighted by Gasteiger charge is -2.03. The van der Waals surface area contributed by atoms with Gasteiger partial charge >= 0.3 is 5.97 Å². The number of hydrogen-bond acceptors (Lipinski definition) is 8. The zero-order valence-corrected chi connectivity index (χ0v) is 16.1. The topological polar surface area (TPSA) is 94.1 Å². The molecule has 3 rings (SSSR count). The van der Waals surface area contributed by atoms with Crippen molar-refractivity contribution in [2.24, 2.45) is 0 Å². The van der Waals surface area contributed by atoms with Gasteiger partial charge in [-0.1, -0.05) is 16.6 Å². The summed E-state index contributed by atoms with van der Waals surface area (Å²) in [7, 11) is 0. The first kappa shape index (κ1) is 19.1. The minimum atomic E-state index is -0.639. The number of carbonyl (C=O) groups is 2. The van der Waals surface area contributed by atoms with E-state index in [9.17, 15) is 14.0 Å². The molecule has 0 saturated heterocycles. The zero-order chi connectivity index (χ0) is 19.4. The van der Waals surface area contributed by atoms with Crippen LogP contribution in [0.5, 0.6) is 0 Å². The second-order valence-electron chi connectivity index (χ2n) is 5.45. The number of rotatable bonds is 6. The fourth-order valence-corrected chi connectivity index (χ4v) is 3.83. The van der Waals surface area contributed by atoms with Crippen LogP contribution in [0, 0.1) is 12.7 Å². The van der Waals surface area contributed by atoms with E-state index in [1.54, 1.807) is 26.0 Å². The first-order chi connectivity index (χ1) is 13.0. The molecule has 2 heterocycles. The molecule has 0 atom stereocenters. The number of amides is 1. The number of carbonyl (C=O) groups excluding carboxylic acids is 2. The van der Waals surface area contributed by atoms with Gasteiger partial charge in [0, 0.05) is 18.0 Å². The van der Waals surface area contributed by atoms with Gasteiger partial charge in [0.2, 0.25) is 5.69 Å². The lowest BCUT2D eigenvalue weighted by Crippen LogP contribution is -2.14. The second-order valence-corrected chi connectivity index (χ2v) is 7.29. The third-order valence-electron chi connectivity index (χ3n) is 3.50. The molecular weight excluding hydrogens is 391 g/mol. The summed E-state index contributed by atoms with van der Waals surface area (Å²) < 4.78 is 21.6. The van der Waals surface area contributed by atoms with Crippen molar-refractivity contribution in [3.8, 4) is 0 Å². The number of benzene rings is 1. The quantitative estimate of drug-likeness (QED) is 0.630. The monoisotopic (exact) mass is 406 g/mol. The van der Waals surface area contributed by atoms with Gasteiger partial charge in [-0.05, 0) is 31.5 Å². The van der Waals surface area contributed by atoms with Crippen molar-refractivity contribution in [1.82, 2.24) is 14.6 Å². The largest absolute Gasteiger partial charge is 0.461 e. The Hall–Kier alpha value is -2.72. The van der Waals surface area contributed by atoms with Crippen LogP contribution < -0.4 is 5.32 Å². The predicted octanol–water partition coefficient (Wildman–Crippen LogP) is 3.46. The number of nitrogens with one attached hydrogen (secondary N) is 1. The highest BCUT2D eigenvalue weighted by Crippen LogP contribution is 2.24. The molecule has 1 amide bonds. The van der Waals surface area contributed by atoms with Crippen LogP contribution >= 0.6 is 22.9 Å². The van der Waals surface area contributed by atoms with Crippen molar-refractivity contribution in [3.63, 3.8) is 0 Å². The number of aryl methyl sites for hydroxylation is 1. The maximum absolute atomic E-state index is 13.0. The summed E-state index contributed by atoms with van der Waals surface area (Å²) in [6.45, 7) is 3.61. The fraction of sp³-hybridized carbons (Fsp3) is 0.235. The molecule has 0 saturated carbocycles. The molecule has 10 heteroatoms. The Morgan fingerprint density at radius 3 is 2.70 bits per heavy atom. The standard InChI is InChI=1S/C17H15FN4O3S2/c1-3-25-17(24)13-16(27-22-21-13)20-15(23)14-9(2)19-12(26-14)8-10-4-6-11(18)7-5-10/h4-7H,3,8H2,1-2H3,(H,20,23). The minimum absolute atomic E-state index is 0.0242. The molecule has 0 radical (unpaired) electrons. The third kappa shape index (κ3) is 4.52. The SMILES string of the molecule is CCOC(=O)c1nnsc1NC(=O)c1sc(Cc2ccc(F)cc2)nc1C. The summed E-state index contributed by atoms with van der Waals surface area (Å²) in [5.41, 5.74) is 1.45. The molecular formula is C17H15FN4O3S2. The molecule has 0 aliphatic rings. The van der Waals surface area contributed by atoms with Crippen molar-refractivity contribution < 1.29 is 18.7 Å². The number of aromatic nitrogens is 3. The average Bonchev–Trinajstić information content (AvgIpc) is 3.23. The van der Waals surface area contributed by atoms with Crippen molar-refractivity contribution in [2.45, 2.75) is 20.3 Å². The summed E-state index contributed by atoms with van der Waals surface area (Å²) in [4.78, 5) is 29.3. The number of ether oxygens (including phenoxy) is 1. The zero-order valence-electron chi connectivity index (χ0n) is 14.5. The van der Waals surface area contributed by atoms with Gasteiger partial charge in [-0.2, -0.15) is 0 Å². The van der Waals surface area contributed by atoms with Crippen LogP contribution in [0.25, 0.3) is 0 Å². The lowest BCUT2D eigenvalue weighted by atomic mass is 10.1. The van der Waals surface area contributed by atoms with Crippen LogP contribution in [0.3, 0.4) is 0 Å². The van der Waals surface area contributed by atoms with Crippen LogP contribution in [0.2, 0.25) is 0 Å². The first-order valence-electron chi connectivity index (χ1n) is 7.99. The fourth-order valence-electron chi connectivity index (χ4n) is 2.28. The van der Waals surface area contributed by atoms with E-state index in [0.29, 0.717) is 17.0 Å². The van der Waals surface area contributed by atoms with E-state index in [4.69, 9.17) is 4.74 Å². The van der Waals surface area contributed by atoms with E-state index in [1.165, 1.54) is 23.5 Å². The first-order valence-corrected chi connectivity index (χ1v) is 9.58. The van der Waals surface area contributed by atoms with Gasteiger partial charge in [0.15, 0.2) is 5.00 Å². The lowest BCUT2D eigenvalue weighted by molar-refractivity contribution is 0.0520. The van der Waals surface area contributed by atoms with E-state index >= 15 is 0 Å². The Morgan fingerprint density at radius 1 is 1.26 bits per heavy atom. The number of anilines is 1. The van der Waals surface area contributed by atoms with E-state index in [2.05, 4.69) is 19.9 Å². The molecule has 1 aromatic carbocycles. The molecule has 3 aromatic rings.